The van der Waals surface area contributed by atoms with Gasteiger partial charge < -0.3 is 14.9 Å². The molecule has 23 heavy (non-hydrogen) atoms. The van der Waals surface area contributed by atoms with Crippen LogP contribution in [0, 0.1) is 0 Å². The lowest BCUT2D eigenvalue weighted by Crippen LogP contribution is -2.38. The van der Waals surface area contributed by atoms with Crippen molar-refractivity contribution in [1.29, 1.82) is 0 Å². The van der Waals surface area contributed by atoms with Crippen LogP contribution < -0.4 is 0 Å². The standard InChI is InChI=1S/C19H18N2O2/c22-19(23)15-12-17(20-9-4-1-5-10-20)18-16-7-3-2-6-14(16)8-11-21(18)13-15/h1-7,9,12H,8,10-11,13H2,(H,22,23). The van der Waals surface area contributed by atoms with Crippen LogP contribution in [0.5, 0.6) is 0 Å². The molecule has 4 heteroatoms. The van der Waals surface area contributed by atoms with E-state index < -0.39 is 5.97 Å². The highest BCUT2D eigenvalue weighted by Gasteiger charge is 2.30. The third-order valence-corrected chi connectivity index (χ3v) is 4.55. The number of nitrogens with zero attached hydrogens (tertiary/aromatic N) is 2. The van der Waals surface area contributed by atoms with E-state index in [1.807, 2.05) is 24.4 Å². The fourth-order valence-electron chi connectivity index (χ4n) is 3.44. The first kappa shape index (κ1) is 13.9. The third kappa shape index (κ3) is 2.36. The van der Waals surface area contributed by atoms with Crippen LogP contribution in [-0.4, -0.2) is 40.5 Å². The minimum Gasteiger partial charge on any atom is -0.478 e. The number of fused-ring (bicyclic) bond motifs is 3. The Morgan fingerprint density at radius 2 is 2.04 bits per heavy atom. The van der Waals surface area contributed by atoms with Gasteiger partial charge in [-0.25, -0.2) is 4.79 Å². The van der Waals surface area contributed by atoms with Gasteiger partial charge in [0.05, 0.1) is 23.5 Å². The molecule has 0 spiro atoms. The first-order valence-electron chi connectivity index (χ1n) is 7.85. The van der Waals surface area contributed by atoms with Crippen molar-refractivity contribution in [2.24, 2.45) is 0 Å². The van der Waals surface area contributed by atoms with Gasteiger partial charge in [0.15, 0.2) is 0 Å². The summed E-state index contributed by atoms with van der Waals surface area (Å²) in [5.41, 5.74) is 5.13. The second-order valence-corrected chi connectivity index (χ2v) is 5.96. The Morgan fingerprint density at radius 3 is 2.83 bits per heavy atom. The third-order valence-electron chi connectivity index (χ3n) is 4.55. The van der Waals surface area contributed by atoms with Gasteiger partial charge in [0.25, 0.3) is 0 Å². The molecule has 0 saturated carbocycles. The summed E-state index contributed by atoms with van der Waals surface area (Å²) in [4.78, 5) is 15.9. The molecule has 0 bridgehead atoms. The van der Waals surface area contributed by atoms with Gasteiger partial charge in [-0.1, -0.05) is 36.4 Å². The van der Waals surface area contributed by atoms with Gasteiger partial charge >= 0.3 is 5.97 Å². The van der Waals surface area contributed by atoms with Gasteiger partial charge in [0, 0.05) is 24.9 Å². The Bertz CT molecular complexity index is 786. The summed E-state index contributed by atoms with van der Waals surface area (Å²) in [6.07, 6.45) is 10.9. The zero-order chi connectivity index (χ0) is 15.8. The summed E-state index contributed by atoms with van der Waals surface area (Å²) in [7, 11) is 0. The van der Waals surface area contributed by atoms with Crippen LogP contribution in [-0.2, 0) is 11.2 Å². The van der Waals surface area contributed by atoms with E-state index in [1.54, 1.807) is 0 Å². The number of hydrogen-bond acceptors (Lipinski definition) is 3. The molecule has 116 valence electrons. The summed E-state index contributed by atoms with van der Waals surface area (Å²) >= 11 is 0. The lowest BCUT2D eigenvalue weighted by Gasteiger charge is -2.39. The lowest BCUT2D eigenvalue weighted by atomic mass is 9.92. The molecule has 0 atom stereocenters. The number of rotatable bonds is 2. The van der Waals surface area contributed by atoms with Gasteiger partial charge in [0.1, 0.15) is 0 Å². The Kier molecular flexibility index (Phi) is 3.30. The highest BCUT2D eigenvalue weighted by molar-refractivity contribution is 5.90. The van der Waals surface area contributed by atoms with E-state index in [2.05, 4.69) is 40.1 Å². The van der Waals surface area contributed by atoms with Gasteiger partial charge in [-0.15, -0.1) is 0 Å². The first-order valence-corrected chi connectivity index (χ1v) is 7.85. The quantitative estimate of drug-likeness (QED) is 0.912. The summed E-state index contributed by atoms with van der Waals surface area (Å²) in [5.74, 6) is -0.836. The predicted molar refractivity (Wildman–Crippen MR) is 89.3 cm³/mol. The highest BCUT2D eigenvalue weighted by Crippen LogP contribution is 2.36. The van der Waals surface area contributed by atoms with Crippen LogP contribution in [0.1, 0.15) is 11.1 Å². The maximum Gasteiger partial charge on any atom is 0.333 e. The van der Waals surface area contributed by atoms with Crippen molar-refractivity contribution in [1.82, 2.24) is 9.80 Å². The number of aliphatic carboxylic acids is 1. The van der Waals surface area contributed by atoms with Crippen LogP contribution >= 0.6 is 0 Å². The number of benzene rings is 1. The average molecular weight is 306 g/mol. The molecule has 0 amide bonds. The maximum absolute atomic E-state index is 11.5. The Morgan fingerprint density at radius 1 is 1.17 bits per heavy atom. The van der Waals surface area contributed by atoms with Gasteiger partial charge in [-0.3, -0.25) is 0 Å². The summed E-state index contributed by atoms with van der Waals surface area (Å²) in [5, 5.41) is 9.47. The molecule has 1 aromatic carbocycles. The average Bonchev–Trinajstić information content (AvgIpc) is 2.61. The van der Waals surface area contributed by atoms with Crippen LogP contribution in [0.15, 0.2) is 66.0 Å². The van der Waals surface area contributed by atoms with E-state index >= 15 is 0 Å². The number of carboxylic acids is 1. The maximum atomic E-state index is 11.5. The molecule has 0 fully saturated rings. The molecule has 4 nitrogen and oxygen atoms in total. The van der Waals surface area contributed by atoms with Gasteiger partial charge in [-0.2, -0.15) is 0 Å². The van der Waals surface area contributed by atoms with E-state index in [0.717, 1.165) is 30.9 Å². The predicted octanol–water partition coefficient (Wildman–Crippen LogP) is 2.62. The van der Waals surface area contributed by atoms with Crippen molar-refractivity contribution in [3.63, 3.8) is 0 Å². The monoisotopic (exact) mass is 306 g/mol. The van der Waals surface area contributed by atoms with E-state index in [9.17, 15) is 9.90 Å². The molecule has 3 aliphatic rings. The van der Waals surface area contributed by atoms with Crippen molar-refractivity contribution in [3.05, 3.63) is 77.2 Å². The topological polar surface area (TPSA) is 43.8 Å². The zero-order valence-corrected chi connectivity index (χ0v) is 12.8. The van der Waals surface area contributed by atoms with Crippen molar-refractivity contribution >= 4 is 11.7 Å². The Labute approximate surface area is 135 Å². The van der Waals surface area contributed by atoms with Crippen molar-refractivity contribution < 1.29 is 9.90 Å². The molecule has 0 aromatic heterocycles. The molecule has 0 saturated heterocycles. The summed E-state index contributed by atoms with van der Waals surface area (Å²) < 4.78 is 0. The first-order chi connectivity index (χ1) is 11.2. The molecule has 4 rings (SSSR count). The van der Waals surface area contributed by atoms with Crippen molar-refractivity contribution in [2.45, 2.75) is 6.42 Å². The minimum absolute atomic E-state index is 0.450. The minimum atomic E-state index is -0.836. The molecule has 0 aliphatic carbocycles. The molecule has 1 N–H and O–H groups in total. The van der Waals surface area contributed by atoms with E-state index in [0.29, 0.717) is 12.1 Å². The SMILES string of the molecule is O=C(O)C1=CC(N2C=CC=CC2)=C2c3ccccc3CCN2C1. The van der Waals surface area contributed by atoms with Gasteiger partial charge in [0.2, 0.25) is 0 Å². The largest absolute Gasteiger partial charge is 0.478 e. The van der Waals surface area contributed by atoms with E-state index in [-0.39, 0.29) is 0 Å². The highest BCUT2D eigenvalue weighted by atomic mass is 16.4. The molecule has 3 heterocycles. The fraction of sp³-hybridized carbons (Fsp3) is 0.211. The van der Waals surface area contributed by atoms with Crippen LogP contribution in [0.25, 0.3) is 5.70 Å². The molecular weight excluding hydrogens is 288 g/mol. The fourth-order valence-corrected chi connectivity index (χ4v) is 3.44. The second-order valence-electron chi connectivity index (χ2n) is 5.96. The van der Waals surface area contributed by atoms with Gasteiger partial charge in [-0.05, 0) is 24.1 Å². The normalized spacial score (nSPS) is 19.4. The number of hydrogen-bond donors (Lipinski definition) is 1. The van der Waals surface area contributed by atoms with Crippen molar-refractivity contribution in [2.75, 3.05) is 19.6 Å². The van der Waals surface area contributed by atoms with E-state index in [4.69, 9.17) is 0 Å². The number of allylic oxidation sites excluding steroid dienone is 3. The smallest absolute Gasteiger partial charge is 0.333 e. The Hall–Kier alpha value is -2.75. The summed E-state index contributed by atoms with van der Waals surface area (Å²) in [6, 6.07) is 8.43. The molecule has 1 aromatic rings. The lowest BCUT2D eigenvalue weighted by molar-refractivity contribution is -0.132. The molecular formula is C19H18N2O2. The number of carbonyl (C=O) groups is 1. The summed E-state index contributed by atoms with van der Waals surface area (Å²) in [6.45, 7) is 2.08. The zero-order valence-electron chi connectivity index (χ0n) is 12.8. The number of carboxylic acid groups (broad SMARTS) is 1. The molecule has 0 radical (unpaired) electrons. The second kappa shape index (κ2) is 5.47. The van der Waals surface area contributed by atoms with Crippen LogP contribution in [0.4, 0.5) is 0 Å². The van der Waals surface area contributed by atoms with Crippen LogP contribution in [0.2, 0.25) is 0 Å². The van der Waals surface area contributed by atoms with Crippen LogP contribution in [0.3, 0.4) is 0 Å². The van der Waals surface area contributed by atoms with E-state index in [1.165, 1.54) is 11.1 Å². The molecule has 0 unspecified atom stereocenters. The Balaban J connectivity index is 1.91. The van der Waals surface area contributed by atoms with Crippen molar-refractivity contribution in [3.8, 4) is 0 Å². The molecule has 3 aliphatic heterocycles.